The summed E-state index contributed by atoms with van der Waals surface area (Å²) in [4.78, 5) is 0. The van der Waals surface area contributed by atoms with Gasteiger partial charge in [-0.15, -0.1) is 0 Å². The van der Waals surface area contributed by atoms with Crippen LogP contribution >= 0.6 is 0 Å². The Kier molecular flexibility index (Phi) is 4.04. The van der Waals surface area contributed by atoms with Gasteiger partial charge in [-0.25, -0.2) is 0 Å². The van der Waals surface area contributed by atoms with Crippen molar-refractivity contribution in [1.29, 1.82) is 0 Å². The van der Waals surface area contributed by atoms with Crippen molar-refractivity contribution in [3.63, 3.8) is 0 Å². The van der Waals surface area contributed by atoms with Crippen LogP contribution in [0, 0.1) is 5.92 Å². The zero-order valence-electron chi connectivity index (χ0n) is 10.2. The molecular formula is C13H25NO. The lowest BCUT2D eigenvalue weighted by Gasteiger charge is -2.30. The largest absolute Gasteiger partial charge is 0.378 e. The first-order valence-corrected chi connectivity index (χ1v) is 6.71. The molecule has 0 radical (unpaired) electrons. The molecule has 1 aliphatic carbocycles. The van der Waals surface area contributed by atoms with E-state index < -0.39 is 0 Å². The van der Waals surface area contributed by atoms with Crippen LogP contribution < -0.4 is 5.32 Å². The molecular weight excluding hydrogens is 186 g/mol. The summed E-state index contributed by atoms with van der Waals surface area (Å²) < 4.78 is 5.76. The Hall–Kier alpha value is -0.0800. The first kappa shape index (κ1) is 11.4. The fourth-order valence-corrected chi connectivity index (χ4v) is 2.76. The normalized spacial score (nSPS) is 40.4. The second-order valence-electron chi connectivity index (χ2n) is 5.18. The van der Waals surface area contributed by atoms with Crippen molar-refractivity contribution in [3.05, 3.63) is 0 Å². The molecule has 15 heavy (non-hydrogen) atoms. The van der Waals surface area contributed by atoms with Crippen LogP contribution in [0.3, 0.4) is 0 Å². The van der Waals surface area contributed by atoms with E-state index in [1.165, 1.54) is 38.5 Å². The highest BCUT2D eigenvalue weighted by atomic mass is 16.5. The van der Waals surface area contributed by atoms with Crippen molar-refractivity contribution >= 4 is 0 Å². The van der Waals surface area contributed by atoms with Crippen molar-refractivity contribution in [2.75, 3.05) is 6.61 Å². The molecule has 0 aromatic rings. The molecule has 4 unspecified atom stereocenters. The van der Waals surface area contributed by atoms with E-state index >= 15 is 0 Å². The fraction of sp³-hybridized carbons (Fsp3) is 1.00. The zero-order valence-corrected chi connectivity index (χ0v) is 10.2. The highest BCUT2D eigenvalue weighted by Crippen LogP contribution is 2.34. The van der Waals surface area contributed by atoms with Gasteiger partial charge in [-0.1, -0.05) is 26.7 Å². The summed E-state index contributed by atoms with van der Waals surface area (Å²) in [5.74, 6) is 0.970. The molecule has 1 N–H and O–H groups in total. The van der Waals surface area contributed by atoms with Crippen LogP contribution in [0.1, 0.15) is 52.4 Å². The van der Waals surface area contributed by atoms with Crippen molar-refractivity contribution in [1.82, 2.24) is 5.32 Å². The van der Waals surface area contributed by atoms with Crippen LogP contribution in [0.15, 0.2) is 0 Å². The van der Waals surface area contributed by atoms with Crippen molar-refractivity contribution < 1.29 is 4.74 Å². The van der Waals surface area contributed by atoms with Gasteiger partial charge in [-0.2, -0.15) is 0 Å². The molecule has 2 aliphatic rings. The molecule has 1 aliphatic heterocycles. The van der Waals surface area contributed by atoms with Gasteiger partial charge in [0.1, 0.15) is 0 Å². The van der Waals surface area contributed by atoms with Gasteiger partial charge in [-0.05, 0) is 31.6 Å². The molecule has 2 rings (SSSR count). The SMILES string of the molecule is CCCC1CC(NC2CC2CC)CCO1. The van der Waals surface area contributed by atoms with E-state index in [4.69, 9.17) is 4.74 Å². The Labute approximate surface area is 93.8 Å². The predicted octanol–water partition coefficient (Wildman–Crippen LogP) is 2.72. The molecule has 0 amide bonds. The second-order valence-corrected chi connectivity index (χ2v) is 5.18. The van der Waals surface area contributed by atoms with Gasteiger partial charge in [0.2, 0.25) is 0 Å². The Balaban J connectivity index is 1.69. The third kappa shape index (κ3) is 3.18. The maximum absolute atomic E-state index is 5.76. The van der Waals surface area contributed by atoms with Crippen molar-refractivity contribution in [2.24, 2.45) is 5.92 Å². The highest BCUT2D eigenvalue weighted by Gasteiger charge is 2.37. The number of hydrogen-bond donors (Lipinski definition) is 1. The number of ether oxygens (including phenoxy) is 1. The zero-order chi connectivity index (χ0) is 10.7. The molecule has 2 heteroatoms. The fourth-order valence-electron chi connectivity index (χ4n) is 2.76. The van der Waals surface area contributed by atoms with E-state index in [9.17, 15) is 0 Å². The van der Waals surface area contributed by atoms with Crippen LogP contribution in [0.4, 0.5) is 0 Å². The molecule has 0 bridgehead atoms. The molecule has 0 aromatic carbocycles. The molecule has 2 nitrogen and oxygen atoms in total. The van der Waals surface area contributed by atoms with Crippen LogP contribution in [-0.4, -0.2) is 24.8 Å². The van der Waals surface area contributed by atoms with Crippen molar-refractivity contribution in [3.8, 4) is 0 Å². The van der Waals surface area contributed by atoms with E-state index in [-0.39, 0.29) is 0 Å². The van der Waals surface area contributed by atoms with Gasteiger partial charge in [0.05, 0.1) is 6.10 Å². The minimum absolute atomic E-state index is 0.528. The summed E-state index contributed by atoms with van der Waals surface area (Å²) in [7, 11) is 0. The molecule has 1 heterocycles. The molecule has 0 aromatic heterocycles. The van der Waals surface area contributed by atoms with Gasteiger partial charge < -0.3 is 10.1 Å². The van der Waals surface area contributed by atoms with Gasteiger partial charge in [0.15, 0.2) is 0 Å². The lowest BCUT2D eigenvalue weighted by atomic mass is 10.00. The smallest absolute Gasteiger partial charge is 0.0589 e. The van der Waals surface area contributed by atoms with Crippen LogP contribution in [0.5, 0.6) is 0 Å². The van der Waals surface area contributed by atoms with E-state index in [0.717, 1.165) is 24.6 Å². The standard InChI is InChI=1S/C13H25NO/c1-3-5-12-9-11(6-7-15-12)14-13-8-10(13)4-2/h10-14H,3-9H2,1-2H3. The van der Waals surface area contributed by atoms with Crippen molar-refractivity contribution in [2.45, 2.75) is 70.6 Å². The molecule has 2 fully saturated rings. The predicted molar refractivity (Wildman–Crippen MR) is 63.0 cm³/mol. The monoisotopic (exact) mass is 211 g/mol. The second kappa shape index (κ2) is 5.31. The summed E-state index contributed by atoms with van der Waals surface area (Å²) in [6.45, 7) is 5.51. The third-order valence-corrected chi connectivity index (χ3v) is 3.87. The Bertz CT molecular complexity index is 191. The first-order chi connectivity index (χ1) is 7.33. The summed E-state index contributed by atoms with van der Waals surface area (Å²) in [5, 5.41) is 3.80. The average molecular weight is 211 g/mol. The third-order valence-electron chi connectivity index (χ3n) is 3.87. The first-order valence-electron chi connectivity index (χ1n) is 6.71. The Morgan fingerprint density at radius 1 is 1.27 bits per heavy atom. The van der Waals surface area contributed by atoms with E-state index in [2.05, 4.69) is 19.2 Å². The lowest BCUT2D eigenvalue weighted by Crippen LogP contribution is -2.40. The van der Waals surface area contributed by atoms with Crippen LogP contribution in [-0.2, 0) is 4.74 Å². The summed E-state index contributed by atoms with van der Waals surface area (Å²) >= 11 is 0. The molecule has 88 valence electrons. The molecule has 0 spiro atoms. The minimum Gasteiger partial charge on any atom is -0.378 e. The minimum atomic E-state index is 0.528. The quantitative estimate of drug-likeness (QED) is 0.755. The number of nitrogens with one attached hydrogen (secondary N) is 1. The summed E-state index contributed by atoms with van der Waals surface area (Å²) in [6.07, 6.45) is 8.22. The van der Waals surface area contributed by atoms with E-state index in [1.807, 2.05) is 0 Å². The number of rotatable bonds is 5. The van der Waals surface area contributed by atoms with Gasteiger partial charge in [-0.3, -0.25) is 0 Å². The Morgan fingerprint density at radius 3 is 2.80 bits per heavy atom. The Morgan fingerprint density at radius 2 is 2.13 bits per heavy atom. The topological polar surface area (TPSA) is 21.3 Å². The maximum atomic E-state index is 5.76. The van der Waals surface area contributed by atoms with Gasteiger partial charge in [0.25, 0.3) is 0 Å². The van der Waals surface area contributed by atoms with Gasteiger partial charge >= 0.3 is 0 Å². The average Bonchev–Trinajstić information content (AvgIpc) is 2.97. The van der Waals surface area contributed by atoms with Crippen LogP contribution in [0.25, 0.3) is 0 Å². The molecule has 4 atom stereocenters. The summed E-state index contributed by atoms with van der Waals surface area (Å²) in [5.41, 5.74) is 0. The molecule has 1 saturated heterocycles. The van der Waals surface area contributed by atoms with Gasteiger partial charge in [0, 0.05) is 18.7 Å². The van der Waals surface area contributed by atoms with E-state index in [1.54, 1.807) is 0 Å². The van der Waals surface area contributed by atoms with Crippen LogP contribution in [0.2, 0.25) is 0 Å². The summed E-state index contributed by atoms with van der Waals surface area (Å²) in [6, 6.07) is 1.57. The van der Waals surface area contributed by atoms with E-state index in [0.29, 0.717) is 6.10 Å². The lowest BCUT2D eigenvalue weighted by molar-refractivity contribution is -0.00364. The highest BCUT2D eigenvalue weighted by molar-refractivity contribution is 4.94. The maximum Gasteiger partial charge on any atom is 0.0589 e. The number of hydrogen-bond acceptors (Lipinski definition) is 2. The molecule has 1 saturated carbocycles.